The molecule has 1 aliphatic rings. The van der Waals surface area contributed by atoms with Crippen LogP contribution in [0.1, 0.15) is 50.0 Å². The summed E-state index contributed by atoms with van der Waals surface area (Å²) < 4.78 is 3.56. The molecule has 0 spiro atoms. The molecular formula is C18H20ClN9O2. The molecule has 0 atom stereocenters. The highest BCUT2D eigenvalue weighted by atomic mass is 35.5. The van der Waals surface area contributed by atoms with Crippen molar-refractivity contribution in [2.24, 2.45) is 0 Å². The Morgan fingerprint density at radius 3 is 2.67 bits per heavy atom. The van der Waals surface area contributed by atoms with Crippen molar-refractivity contribution < 1.29 is 4.79 Å². The minimum absolute atomic E-state index is 0.00526. The highest BCUT2D eigenvalue weighted by molar-refractivity contribution is 6.64. The molecule has 1 saturated carbocycles. The number of carbonyl (C=O) groups excluding carboxylic acids is 1. The summed E-state index contributed by atoms with van der Waals surface area (Å²) in [7, 11) is 0. The molecule has 3 heterocycles. The number of nitrogens with zero attached hydrogens (tertiary/aromatic N) is 6. The largest absolute Gasteiger partial charge is 0.308 e. The van der Waals surface area contributed by atoms with E-state index < -0.39 is 16.8 Å². The van der Waals surface area contributed by atoms with Gasteiger partial charge in [-0.3, -0.25) is 20.4 Å². The zero-order chi connectivity index (χ0) is 21.6. The maximum absolute atomic E-state index is 12.9. The monoisotopic (exact) mass is 429 g/mol. The Bertz CT molecular complexity index is 1280. The Kier molecular flexibility index (Phi) is 4.98. The van der Waals surface area contributed by atoms with Crippen LogP contribution < -0.4 is 16.4 Å². The second-order valence-electron chi connectivity index (χ2n) is 7.47. The van der Waals surface area contributed by atoms with Gasteiger partial charge in [-0.25, -0.2) is 9.20 Å². The van der Waals surface area contributed by atoms with E-state index >= 15 is 0 Å². The van der Waals surface area contributed by atoms with Crippen molar-refractivity contribution >= 4 is 34.1 Å². The fourth-order valence-electron chi connectivity index (χ4n) is 3.07. The standard InChI is InChI=1S/C18H20ClN9O2/c1-9(2)16-25-26(17(30)12-7-11(10-3-4-10)23-27(12)16)8-15(29)22-14-6-5-13(20)28(24-14)18(19)21/h5-7,9-10,20-21H,3-4,8H2,1-2H3,(H,22,24,29). The van der Waals surface area contributed by atoms with Crippen molar-refractivity contribution in [1.82, 2.24) is 29.2 Å². The van der Waals surface area contributed by atoms with Gasteiger partial charge in [-0.1, -0.05) is 13.8 Å². The molecule has 3 N–H and O–H groups in total. The van der Waals surface area contributed by atoms with Crippen molar-refractivity contribution in [2.75, 3.05) is 5.32 Å². The van der Waals surface area contributed by atoms with E-state index in [4.69, 9.17) is 22.4 Å². The highest BCUT2D eigenvalue weighted by Gasteiger charge is 2.28. The normalized spacial score (nSPS) is 13.7. The van der Waals surface area contributed by atoms with Crippen LogP contribution in [0.5, 0.6) is 0 Å². The van der Waals surface area contributed by atoms with Crippen molar-refractivity contribution in [2.45, 2.75) is 45.1 Å². The van der Waals surface area contributed by atoms with Crippen LogP contribution in [0.25, 0.3) is 5.52 Å². The first-order valence-corrected chi connectivity index (χ1v) is 9.82. The van der Waals surface area contributed by atoms with Gasteiger partial charge in [0.1, 0.15) is 17.5 Å². The van der Waals surface area contributed by atoms with Gasteiger partial charge in [0.05, 0.1) is 5.69 Å². The number of aromatic nitrogens is 6. The molecule has 1 aliphatic carbocycles. The van der Waals surface area contributed by atoms with Gasteiger partial charge >= 0.3 is 0 Å². The number of nitrogens with one attached hydrogen (secondary N) is 3. The van der Waals surface area contributed by atoms with Crippen LogP contribution in [-0.4, -0.2) is 40.4 Å². The summed E-state index contributed by atoms with van der Waals surface area (Å²) in [5.41, 5.74) is 0.769. The van der Waals surface area contributed by atoms with Gasteiger partial charge in [-0.15, -0.1) is 5.10 Å². The quantitative estimate of drug-likeness (QED) is 0.412. The zero-order valence-corrected chi connectivity index (χ0v) is 17.1. The second kappa shape index (κ2) is 7.48. The Morgan fingerprint density at radius 2 is 2.03 bits per heavy atom. The van der Waals surface area contributed by atoms with Crippen molar-refractivity contribution in [3.63, 3.8) is 0 Å². The van der Waals surface area contributed by atoms with E-state index in [1.165, 1.54) is 12.1 Å². The molecule has 11 nitrogen and oxygen atoms in total. The smallest absolute Gasteiger partial charge is 0.293 e. The molecule has 0 unspecified atom stereocenters. The van der Waals surface area contributed by atoms with Gasteiger partial charge in [-0.2, -0.15) is 14.9 Å². The molecule has 0 radical (unpaired) electrons. The van der Waals surface area contributed by atoms with Crippen molar-refractivity contribution in [1.29, 1.82) is 10.8 Å². The number of hydrogen-bond acceptors (Lipinski definition) is 7. The Labute approximate surface area is 175 Å². The Hall–Kier alpha value is -3.34. The maximum atomic E-state index is 12.9. The first-order valence-electron chi connectivity index (χ1n) is 9.44. The zero-order valence-electron chi connectivity index (χ0n) is 16.4. The Balaban J connectivity index is 1.65. The number of fused-ring (bicyclic) bond motifs is 1. The second-order valence-corrected chi connectivity index (χ2v) is 7.83. The number of rotatable bonds is 5. The molecule has 1 fully saturated rings. The average Bonchev–Trinajstić information content (AvgIpc) is 3.43. The minimum Gasteiger partial charge on any atom is -0.308 e. The highest BCUT2D eigenvalue weighted by Crippen LogP contribution is 2.39. The number of hydrogen-bond donors (Lipinski definition) is 3. The van der Waals surface area contributed by atoms with Crippen LogP contribution >= 0.6 is 11.6 Å². The van der Waals surface area contributed by atoms with Crippen molar-refractivity contribution in [3.05, 3.63) is 45.6 Å². The van der Waals surface area contributed by atoms with E-state index in [2.05, 4.69) is 20.6 Å². The van der Waals surface area contributed by atoms with Gasteiger partial charge in [0.25, 0.3) is 5.56 Å². The molecule has 0 aliphatic heterocycles. The van der Waals surface area contributed by atoms with E-state index in [0.29, 0.717) is 17.3 Å². The molecule has 4 rings (SSSR count). The first kappa shape index (κ1) is 20.0. The van der Waals surface area contributed by atoms with E-state index in [1.807, 2.05) is 13.8 Å². The van der Waals surface area contributed by atoms with Crippen LogP contribution in [0, 0.1) is 10.8 Å². The molecule has 3 aromatic heterocycles. The molecule has 0 saturated heterocycles. The third-order valence-corrected chi connectivity index (χ3v) is 4.88. The lowest BCUT2D eigenvalue weighted by Gasteiger charge is -2.12. The lowest BCUT2D eigenvalue weighted by Crippen LogP contribution is -2.33. The summed E-state index contributed by atoms with van der Waals surface area (Å²) in [6, 6.07) is 4.54. The number of halogens is 1. The van der Waals surface area contributed by atoms with Crippen LogP contribution in [0.2, 0.25) is 0 Å². The van der Waals surface area contributed by atoms with Crippen LogP contribution in [-0.2, 0) is 11.3 Å². The Morgan fingerprint density at radius 1 is 1.30 bits per heavy atom. The summed E-state index contributed by atoms with van der Waals surface area (Å²) in [6.07, 6.45) is 2.13. The summed E-state index contributed by atoms with van der Waals surface area (Å²) in [5.74, 6) is 0.548. The van der Waals surface area contributed by atoms with Crippen LogP contribution in [0.4, 0.5) is 5.82 Å². The predicted molar refractivity (Wildman–Crippen MR) is 109 cm³/mol. The number of carbonyl (C=O) groups is 1. The first-order chi connectivity index (χ1) is 14.2. The summed E-state index contributed by atoms with van der Waals surface area (Å²) in [6.45, 7) is 3.57. The average molecular weight is 430 g/mol. The third-order valence-electron chi connectivity index (χ3n) is 4.72. The lowest BCUT2D eigenvalue weighted by atomic mass is 10.2. The fourth-order valence-corrected chi connectivity index (χ4v) is 3.20. The van der Waals surface area contributed by atoms with E-state index in [1.54, 1.807) is 10.6 Å². The predicted octanol–water partition coefficient (Wildman–Crippen LogP) is 1.23. The number of anilines is 1. The summed E-state index contributed by atoms with van der Waals surface area (Å²) in [5, 5.41) is 30.0. The lowest BCUT2D eigenvalue weighted by molar-refractivity contribution is -0.117. The van der Waals surface area contributed by atoms with Gasteiger partial charge in [0.2, 0.25) is 11.2 Å². The number of amides is 1. The van der Waals surface area contributed by atoms with Gasteiger partial charge in [-0.05, 0) is 42.6 Å². The van der Waals surface area contributed by atoms with Crippen molar-refractivity contribution in [3.8, 4) is 0 Å². The molecule has 0 bridgehead atoms. The molecule has 12 heteroatoms. The fraction of sp³-hybridized carbons (Fsp3) is 0.389. The maximum Gasteiger partial charge on any atom is 0.293 e. The van der Waals surface area contributed by atoms with Gasteiger partial charge < -0.3 is 5.32 Å². The minimum atomic E-state index is -0.525. The molecule has 156 valence electrons. The summed E-state index contributed by atoms with van der Waals surface area (Å²) in [4.78, 5) is 25.4. The summed E-state index contributed by atoms with van der Waals surface area (Å²) >= 11 is 5.59. The van der Waals surface area contributed by atoms with Crippen LogP contribution in [0.3, 0.4) is 0 Å². The van der Waals surface area contributed by atoms with Gasteiger partial charge in [0.15, 0.2) is 11.6 Å². The van der Waals surface area contributed by atoms with Crippen LogP contribution in [0.15, 0.2) is 23.0 Å². The SMILES string of the molecule is CC(C)c1nn(CC(=O)Nc2ccc(=N)n(C(=N)Cl)n2)c(=O)c2cc(C3CC3)nn12. The molecule has 0 aromatic carbocycles. The van der Waals surface area contributed by atoms with E-state index in [0.717, 1.165) is 27.9 Å². The molecule has 3 aromatic rings. The van der Waals surface area contributed by atoms with E-state index in [-0.39, 0.29) is 23.8 Å². The topological polar surface area (TPSA) is 147 Å². The van der Waals surface area contributed by atoms with E-state index in [9.17, 15) is 9.59 Å². The molecule has 1 amide bonds. The van der Waals surface area contributed by atoms with Gasteiger partial charge in [0, 0.05) is 11.8 Å². The molecule has 30 heavy (non-hydrogen) atoms. The molecular weight excluding hydrogens is 410 g/mol. The third kappa shape index (κ3) is 3.75.